The van der Waals surface area contributed by atoms with E-state index in [9.17, 15) is 25.2 Å². The van der Waals surface area contributed by atoms with Crippen molar-refractivity contribution in [2.24, 2.45) is 0 Å². The molecule has 172 valence electrons. The third-order valence-electron chi connectivity index (χ3n) is 6.14. The minimum Gasteiger partial charge on any atom is -0.508 e. The SMILES string of the molecule is CC(C)=CCc1c(-c2ccc(O)cc2O)oc2c(C3C=C(C)CCC3)c(O)cc(O)c2c1=O. The number of rotatable bonds is 4. The monoisotopic (exact) mass is 448 g/mol. The first-order valence-corrected chi connectivity index (χ1v) is 11.0. The Balaban J connectivity index is 2.11. The molecule has 1 aliphatic rings. The molecule has 3 aromatic rings. The second-order valence-corrected chi connectivity index (χ2v) is 8.97. The maximum atomic E-state index is 13.7. The van der Waals surface area contributed by atoms with Gasteiger partial charge in [0.25, 0.3) is 0 Å². The Morgan fingerprint density at radius 2 is 1.85 bits per heavy atom. The molecule has 6 nitrogen and oxygen atoms in total. The zero-order valence-electron chi connectivity index (χ0n) is 19.0. The summed E-state index contributed by atoms with van der Waals surface area (Å²) in [7, 11) is 0. The summed E-state index contributed by atoms with van der Waals surface area (Å²) in [4.78, 5) is 13.7. The van der Waals surface area contributed by atoms with E-state index in [0.29, 0.717) is 5.56 Å². The zero-order valence-corrected chi connectivity index (χ0v) is 19.0. The van der Waals surface area contributed by atoms with Crippen LogP contribution in [0.3, 0.4) is 0 Å². The van der Waals surface area contributed by atoms with Crippen molar-refractivity contribution in [2.75, 3.05) is 0 Å². The molecule has 6 heteroatoms. The standard InChI is InChI=1S/C27H28O6/c1-14(2)7-9-19-25(32)24-22(31)13-21(30)23(16-6-4-5-15(3)11-16)27(24)33-26(19)18-10-8-17(28)12-20(18)29/h7-8,10-13,16,28-31H,4-6,9H2,1-3H3. The van der Waals surface area contributed by atoms with Gasteiger partial charge >= 0.3 is 0 Å². The fourth-order valence-electron chi connectivity index (χ4n) is 4.51. The van der Waals surface area contributed by atoms with E-state index >= 15 is 0 Å². The van der Waals surface area contributed by atoms with Crippen LogP contribution in [-0.4, -0.2) is 20.4 Å². The maximum absolute atomic E-state index is 13.7. The minimum absolute atomic E-state index is 0.0126. The highest BCUT2D eigenvalue weighted by atomic mass is 16.3. The average molecular weight is 449 g/mol. The molecular formula is C27H28O6. The van der Waals surface area contributed by atoms with E-state index in [0.717, 1.165) is 24.8 Å². The molecule has 0 bridgehead atoms. The van der Waals surface area contributed by atoms with Gasteiger partial charge in [-0.25, -0.2) is 0 Å². The van der Waals surface area contributed by atoms with Gasteiger partial charge < -0.3 is 24.8 Å². The van der Waals surface area contributed by atoms with Crippen molar-refractivity contribution in [2.45, 2.75) is 52.4 Å². The fourth-order valence-corrected chi connectivity index (χ4v) is 4.51. The third kappa shape index (κ3) is 4.21. The summed E-state index contributed by atoms with van der Waals surface area (Å²) in [6, 6.07) is 5.26. The molecule has 1 aliphatic carbocycles. The maximum Gasteiger partial charge on any atom is 0.200 e. The van der Waals surface area contributed by atoms with Gasteiger partial charge in [0, 0.05) is 29.2 Å². The van der Waals surface area contributed by atoms with E-state index in [1.165, 1.54) is 29.8 Å². The van der Waals surface area contributed by atoms with Crippen LogP contribution in [0.4, 0.5) is 0 Å². The lowest BCUT2D eigenvalue weighted by Gasteiger charge is -2.22. The fraction of sp³-hybridized carbons (Fsp3) is 0.296. The van der Waals surface area contributed by atoms with E-state index in [1.807, 2.05) is 26.8 Å². The number of allylic oxidation sites excluding steroid dienone is 4. The molecule has 1 aromatic heterocycles. The smallest absolute Gasteiger partial charge is 0.200 e. The normalized spacial score (nSPS) is 16.0. The van der Waals surface area contributed by atoms with Crippen LogP contribution in [0, 0.1) is 0 Å². The molecular weight excluding hydrogens is 420 g/mol. The van der Waals surface area contributed by atoms with Gasteiger partial charge in [0.1, 0.15) is 39.7 Å². The van der Waals surface area contributed by atoms with Gasteiger partial charge in [-0.2, -0.15) is 0 Å². The molecule has 0 radical (unpaired) electrons. The third-order valence-corrected chi connectivity index (χ3v) is 6.14. The summed E-state index contributed by atoms with van der Waals surface area (Å²) in [5.41, 5.74) is 2.83. The molecule has 0 amide bonds. The van der Waals surface area contributed by atoms with E-state index in [4.69, 9.17) is 4.42 Å². The highest BCUT2D eigenvalue weighted by Crippen LogP contribution is 2.44. The molecule has 2 aromatic carbocycles. The number of aromatic hydroxyl groups is 4. The lowest BCUT2D eigenvalue weighted by molar-refractivity contribution is 0.441. The van der Waals surface area contributed by atoms with Gasteiger partial charge in [-0.05, 0) is 58.6 Å². The Labute approximate surface area is 191 Å². The average Bonchev–Trinajstić information content (AvgIpc) is 2.72. The first-order chi connectivity index (χ1) is 15.7. The molecule has 33 heavy (non-hydrogen) atoms. The predicted molar refractivity (Wildman–Crippen MR) is 128 cm³/mol. The number of phenols is 4. The van der Waals surface area contributed by atoms with Crippen LogP contribution in [-0.2, 0) is 6.42 Å². The van der Waals surface area contributed by atoms with Crippen LogP contribution >= 0.6 is 0 Å². The number of hydrogen-bond acceptors (Lipinski definition) is 6. The largest absolute Gasteiger partial charge is 0.508 e. The first kappa shape index (κ1) is 22.5. The molecule has 1 heterocycles. The summed E-state index contributed by atoms with van der Waals surface area (Å²) >= 11 is 0. The van der Waals surface area contributed by atoms with Crippen LogP contribution in [0.1, 0.15) is 57.1 Å². The van der Waals surface area contributed by atoms with Crippen molar-refractivity contribution in [3.8, 4) is 34.3 Å². The zero-order chi connectivity index (χ0) is 23.9. The predicted octanol–water partition coefficient (Wildman–Crippen LogP) is 6.00. The van der Waals surface area contributed by atoms with Gasteiger partial charge in [0.05, 0.1) is 5.56 Å². The van der Waals surface area contributed by atoms with Crippen LogP contribution in [0.5, 0.6) is 23.0 Å². The second kappa shape index (κ2) is 8.70. The Morgan fingerprint density at radius 3 is 2.52 bits per heavy atom. The van der Waals surface area contributed by atoms with Crippen molar-refractivity contribution in [3.63, 3.8) is 0 Å². The van der Waals surface area contributed by atoms with Crippen molar-refractivity contribution in [1.82, 2.24) is 0 Å². The van der Waals surface area contributed by atoms with E-state index in [-0.39, 0.29) is 63.2 Å². The molecule has 0 spiro atoms. The minimum atomic E-state index is -0.425. The van der Waals surface area contributed by atoms with Crippen LogP contribution in [0.2, 0.25) is 0 Å². The van der Waals surface area contributed by atoms with E-state index in [1.54, 1.807) is 0 Å². The van der Waals surface area contributed by atoms with Gasteiger partial charge in [-0.3, -0.25) is 4.79 Å². The Morgan fingerprint density at radius 1 is 1.09 bits per heavy atom. The molecule has 0 saturated carbocycles. The molecule has 4 rings (SSSR count). The molecule has 1 atom stereocenters. The van der Waals surface area contributed by atoms with Gasteiger partial charge in [0.15, 0.2) is 0 Å². The van der Waals surface area contributed by atoms with Crippen molar-refractivity contribution < 1.29 is 24.8 Å². The lowest BCUT2D eigenvalue weighted by atomic mass is 9.84. The van der Waals surface area contributed by atoms with Crippen LogP contribution in [0.25, 0.3) is 22.3 Å². The molecule has 1 unspecified atom stereocenters. The number of hydrogen-bond donors (Lipinski definition) is 4. The quantitative estimate of drug-likeness (QED) is 0.364. The summed E-state index contributed by atoms with van der Waals surface area (Å²) in [6.07, 6.45) is 6.83. The van der Waals surface area contributed by atoms with Crippen molar-refractivity contribution in [3.05, 3.63) is 68.9 Å². The number of benzene rings is 2. The Hall–Kier alpha value is -3.67. The molecule has 4 N–H and O–H groups in total. The van der Waals surface area contributed by atoms with Gasteiger partial charge in [-0.15, -0.1) is 0 Å². The van der Waals surface area contributed by atoms with Crippen LogP contribution in [0.15, 0.2) is 56.8 Å². The Kier molecular flexibility index (Phi) is 5.93. The molecule has 0 aliphatic heterocycles. The highest BCUT2D eigenvalue weighted by Gasteiger charge is 2.27. The Bertz CT molecular complexity index is 1360. The van der Waals surface area contributed by atoms with Crippen LogP contribution < -0.4 is 5.43 Å². The summed E-state index contributed by atoms with van der Waals surface area (Å²) in [5.74, 6) is -0.882. The summed E-state index contributed by atoms with van der Waals surface area (Å²) < 4.78 is 6.27. The number of phenolic OH excluding ortho intramolecular Hbond substituents is 4. The van der Waals surface area contributed by atoms with Gasteiger partial charge in [0.2, 0.25) is 5.43 Å². The van der Waals surface area contributed by atoms with Crippen molar-refractivity contribution >= 4 is 11.0 Å². The second-order valence-electron chi connectivity index (χ2n) is 8.97. The van der Waals surface area contributed by atoms with Crippen molar-refractivity contribution in [1.29, 1.82) is 0 Å². The lowest BCUT2D eigenvalue weighted by Crippen LogP contribution is -2.13. The number of fused-ring (bicyclic) bond motifs is 1. The first-order valence-electron chi connectivity index (χ1n) is 11.0. The van der Waals surface area contributed by atoms with E-state index in [2.05, 4.69) is 6.08 Å². The molecule has 0 saturated heterocycles. The summed E-state index contributed by atoms with van der Waals surface area (Å²) in [6.45, 7) is 5.84. The molecule has 0 fully saturated rings. The summed E-state index contributed by atoms with van der Waals surface area (Å²) in [5, 5.41) is 41.7. The highest BCUT2D eigenvalue weighted by molar-refractivity contribution is 5.91. The van der Waals surface area contributed by atoms with E-state index < -0.39 is 5.43 Å². The topological polar surface area (TPSA) is 111 Å². The van der Waals surface area contributed by atoms with Gasteiger partial charge in [-0.1, -0.05) is 23.3 Å².